The molecule has 0 saturated carbocycles. The molecule has 0 aliphatic heterocycles. The Bertz CT molecular complexity index is 310. The van der Waals surface area contributed by atoms with Crippen LogP contribution in [-0.2, 0) is 4.79 Å². The minimum atomic E-state index is -0.914. The van der Waals surface area contributed by atoms with Gasteiger partial charge < -0.3 is 32.1 Å². The summed E-state index contributed by atoms with van der Waals surface area (Å²) in [4.78, 5) is 13.0. The van der Waals surface area contributed by atoms with Gasteiger partial charge in [-0.15, -0.1) is 0 Å². The number of carboxylic acids is 1. The van der Waals surface area contributed by atoms with Crippen LogP contribution in [-0.4, -0.2) is 48.3 Å². The van der Waals surface area contributed by atoms with E-state index in [1.807, 2.05) is 0 Å². The molecular weight excluding hydrogens is 384 g/mol. The summed E-state index contributed by atoms with van der Waals surface area (Å²) < 4.78 is 0. The Hall–Kier alpha value is -0.580. The number of unbranched alkanes of at least 4 members (excludes halogenated alkanes) is 11. The number of quaternary nitrogens is 2. The maximum absolute atomic E-state index is 10.2. The molecule has 0 aliphatic rings. The van der Waals surface area contributed by atoms with E-state index in [1.54, 1.807) is 0 Å². The number of carbonyl (C=O) groups is 1. The van der Waals surface area contributed by atoms with Gasteiger partial charge in [-0.1, -0.05) is 70.4 Å². The Balaban J connectivity index is -0.000000294. The molecule has 0 saturated heterocycles. The monoisotopic (exact) mass is 436 g/mol. The van der Waals surface area contributed by atoms with Gasteiger partial charge >= 0.3 is 0 Å². The van der Waals surface area contributed by atoms with Crippen LogP contribution in [0.15, 0.2) is 12.2 Å². The fourth-order valence-electron chi connectivity index (χ4n) is 2.34. The number of halogens is 1. The zero-order chi connectivity index (χ0) is 22.0. The predicted octanol–water partition coefficient (Wildman–Crippen LogP) is -0.701. The first-order valence-corrected chi connectivity index (χ1v) is 11.6. The molecule has 2 N–H and O–H groups in total. The summed E-state index contributed by atoms with van der Waals surface area (Å²) >= 11 is 0. The van der Waals surface area contributed by atoms with Crippen molar-refractivity contribution in [2.75, 3.05) is 42.3 Å². The van der Waals surface area contributed by atoms with Crippen LogP contribution in [0, 0.1) is 0 Å². The number of rotatable bonds is 15. The highest BCUT2D eigenvalue weighted by molar-refractivity contribution is 5.63. The third-order valence-corrected chi connectivity index (χ3v) is 3.64. The first-order chi connectivity index (χ1) is 13.2. The summed E-state index contributed by atoms with van der Waals surface area (Å²) in [7, 11) is 12.5. The van der Waals surface area contributed by atoms with Gasteiger partial charge in [-0.05, 0) is 38.5 Å². The third kappa shape index (κ3) is 65.7. The van der Waals surface area contributed by atoms with Gasteiger partial charge in [-0.2, -0.15) is 0 Å². The van der Waals surface area contributed by atoms with E-state index in [-0.39, 0.29) is 18.8 Å². The summed E-state index contributed by atoms with van der Waals surface area (Å²) in [6, 6.07) is 0. The minimum Gasteiger partial charge on any atom is -1.00 e. The molecule has 0 aliphatic carbocycles. The summed E-state index contributed by atoms with van der Waals surface area (Å²) in [6.45, 7) is 2.26. The number of allylic oxidation sites excluding steroid dienone is 2. The molecule has 0 unspecified atom stereocenters. The second kappa shape index (κ2) is 32.1. The van der Waals surface area contributed by atoms with Gasteiger partial charge in [0, 0.05) is 5.97 Å². The maximum Gasteiger partial charge on any atom is 0.0661 e. The Morgan fingerprint density at radius 1 is 0.655 bits per heavy atom. The van der Waals surface area contributed by atoms with E-state index in [9.17, 15) is 9.90 Å². The van der Waals surface area contributed by atoms with Gasteiger partial charge in [0.1, 0.15) is 0 Å². The van der Waals surface area contributed by atoms with Gasteiger partial charge in [0.2, 0.25) is 0 Å². The molecule has 0 atom stereocenters. The Morgan fingerprint density at radius 2 is 0.966 bits per heavy atom. The number of nitrogens with one attached hydrogen (secondary N) is 2. The molecule has 0 spiro atoms. The van der Waals surface area contributed by atoms with Crippen molar-refractivity contribution in [1.29, 1.82) is 0 Å². The van der Waals surface area contributed by atoms with Crippen molar-refractivity contribution < 1.29 is 32.1 Å². The van der Waals surface area contributed by atoms with Crippen molar-refractivity contribution in [2.45, 2.75) is 96.8 Å². The zero-order valence-corrected chi connectivity index (χ0v) is 21.5. The van der Waals surface area contributed by atoms with Crippen LogP contribution in [0.3, 0.4) is 0 Å². The predicted molar refractivity (Wildman–Crippen MR) is 122 cm³/mol. The topological polar surface area (TPSA) is 49.0 Å². The minimum absolute atomic E-state index is 0. The van der Waals surface area contributed by atoms with E-state index in [1.165, 1.54) is 74.0 Å². The van der Waals surface area contributed by atoms with Crippen LogP contribution >= 0.6 is 0 Å². The SMILES string of the molecule is CCCCCCCC/C=C\CCCCCCCC(=O)[O-].C[NH+](C)C.C[NH+](C)C.[Cl-]. The van der Waals surface area contributed by atoms with Gasteiger partial charge in [-0.3, -0.25) is 0 Å². The molecule has 0 aromatic rings. The number of carbonyl (C=O) groups excluding carboxylic acids is 1. The molecule has 0 bridgehead atoms. The van der Waals surface area contributed by atoms with Crippen LogP contribution < -0.4 is 27.3 Å². The lowest BCUT2D eigenvalue weighted by molar-refractivity contribution is -0.836. The smallest absolute Gasteiger partial charge is 0.0661 e. The Morgan fingerprint density at radius 3 is 1.31 bits per heavy atom. The van der Waals surface area contributed by atoms with Gasteiger partial charge in [0.15, 0.2) is 0 Å². The van der Waals surface area contributed by atoms with E-state index in [0.29, 0.717) is 0 Å². The van der Waals surface area contributed by atoms with E-state index < -0.39 is 5.97 Å². The highest BCUT2D eigenvalue weighted by Crippen LogP contribution is 2.09. The Kier molecular flexibility index (Phi) is 39.7. The number of hydrogen-bond acceptors (Lipinski definition) is 2. The molecule has 0 fully saturated rings. The third-order valence-electron chi connectivity index (χ3n) is 3.64. The number of aliphatic carboxylic acids is 1. The molecule has 0 amide bonds. The van der Waals surface area contributed by atoms with Crippen LogP contribution in [0.4, 0.5) is 0 Å². The first-order valence-electron chi connectivity index (χ1n) is 11.6. The van der Waals surface area contributed by atoms with E-state index in [4.69, 9.17) is 0 Å². The van der Waals surface area contributed by atoms with Gasteiger partial charge in [0.25, 0.3) is 0 Å². The lowest BCUT2D eigenvalue weighted by Crippen LogP contribution is -3.02. The van der Waals surface area contributed by atoms with Crippen molar-refractivity contribution in [3.63, 3.8) is 0 Å². The molecule has 178 valence electrons. The van der Waals surface area contributed by atoms with Crippen molar-refractivity contribution in [1.82, 2.24) is 0 Å². The first kappa shape index (κ1) is 35.8. The van der Waals surface area contributed by atoms with Gasteiger partial charge in [-0.25, -0.2) is 0 Å². The van der Waals surface area contributed by atoms with Crippen LogP contribution in [0.5, 0.6) is 0 Å². The second-order valence-corrected chi connectivity index (χ2v) is 8.71. The summed E-state index contributed by atoms with van der Waals surface area (Å²) in [5.74, 6) is -0.914. The Labute approximate surface area is 189 Å². The van der Waals surface area contributed by atoms with Crippen molar-refractivity contribution in [3.8, 4) is 0 Å². The average molecular weight is 437 g/mol. The largest absolute Gasteiger partial charge is 1.00 e. The molecule has 0 aromatic heterocycles. The quantitative estimate of drug-likeness (QED) is 0.263. The molecule has 0 aromatic carbocycles. The van der Waals surface area contributed by atoms with Gasteiger partial charge in [0.05, 0.1) is 42.3 Å². The lowest BCUT2D eigenvalue weighted by Gasteiger charge is -2.01. The highest BCUT2D eigenvalue weighted by Gasteiger charge is 1.91. The molecule has 5 heteroatoms. The summed E-state index contributed by atoms with van der Waals surface area (Å²) in [5, 5.41) is 10.2. The zero-order valence-electron chi connectivity index (χ0n) is 20.7. The van der Waals surface area contributed by atoms with Crippen molar-refractivity contribution in [3.05, 3.63) is 12.2 Å². The maximum atomic E-state index is 10.2. The normalized spacial score (nSPS) is 10.2. The molecule has 0 radical (unpaired) electrons. The van der Waals surface area contributed by atoms with E-state index in [0.717, 1.165) is 19.3 Å². The second-order valence-electron chi connectivity index (χ2n) is 8.71. The molecular formula is C24H53ClN2O2. The lowest BCUT2D eigenvalue weighted by atomic mass is 10.1. The van der Waals surface area contributed by atoms with Crippen LogP contribution in [0.25, 0.3) is 0 Å². The fraction of sp³-hybridized carbons (Fsp3) is 0.875. The number of carboxylic acid groups (broad SMARTS) is 1. The summed E-state index contributed by atoms with van der Waals surface area (Å²) in [6.07, 6.45) is 20.9. The molecule has 29 heavy (non-hydrogen) atoms. The number of hydrogen-bond donors (Lipinski definition) is 2. The average Bonchev–Trinajstić information content (AvgIpc) is 2.57. The van der Waals surface area contributed by atoms with E-state index in [2.05, 4.69) is 61.4 Å². The standard InChI is InChI=1S/C18H34O2.2C3H9N.ClH/c1-2-3-4-5-6-7-8-9-10-11-12-13-14-15-16-17-18(19)20;2*1-4(2)3;/h9-10H,2-8,11-17H2,1H3,(H,19,20);2*1-3H3;1H/b10-9-;;;. The molecule has 4 nitrogen and oxygen atoms in total. The highest BCUT2D eigenvalue weighted by atomic mass is 35.5. The van der Waals surface area contributed by atoms with Crippen molar-refractivity contribution >= 4 is 5.97 Å². The summed E-state index contributed by atoms with van der Waals surface area (Å²) in [5.41, 5.74) is 0. The van der Waals surface area contributed by atoms with Crippen LogP contribution in [0.2, 0.25) is 0 Å². The molecule has 0 heterocycles. The van der Waals surface area contributed by atoms with Crippen LogP contribution in [0.1, 0.15) is 96.8 Å². The van der Waals surface area contributed by atoms with Crippen molar-refractivity contribution in [2.24, 2.45) is 0 Å². The van der Waals surface area contributed by atoms with E-state index >= 15 is 0 Å². The fourth-order valence-corrected chi connectivity index (χ4v) is 2.34. The molecule has 0 rings (SSSR count).